The van der Waals surface area contributed by atoms with Gasteiger partial charge in [0.2, 0.25) is 11.8 Å². The third-order valence-corrected chi connectivity index (χ3v) is 13.1. The van der Waals surface area contributed by atoms with E-state index in [-0.39, 0.29) is 22.6 Å². The van der Waals surface area contributed by atoms with Gasteiger partial charge in [0.05, 0.1) is 31.5 Å². The lowest BCUT2D eigenvalue weighted by Crippen LogP contribution is -2.34. The summed E-state index contributed by atoms with van der Waals surface area (Å²) in [5.41, 5.74) is 0.528. The number of halogens is 4. The Morgan fingerprint density at radius 2 is 0.955 bits per heavy atom. The molecule has 2 saturated carbocycles. The molecule has 0 aromatic heterocycles. The zero-order valence-electron chi connectivity index (χ0n) is 26.1. The highest BCUT2D eigenvalue weighted by Crippen LogP contribution is 2.50. The maximum Gasteiger partial charge on any atom is 0.230 e. The first kappa shape index (κ1) is 36.1. The number of rotatable bonds is 13. The number of nitrogens with one attached hydrogen (secondary N) is 2. The molecule has 0 radical (unpaired) electrons. The van der Waals surface area contributed by atoms with Crippen molar-refractivity contribution in [1.82, 2.24) is 0 Å². The van der Waals surface area contributed by atoms with E-state index in [9.17, 15) is 9.59 Å². The van der Waals surface area contributed by atoms with Crippen LogP contribution in [-0.2, 0) is 9.59 Å². The van der Waals surface area contributed by atoms with Gasteiger partial charge >= 0.3 is 0 Å². The molecule has 44 heavy (non-hydrogen) atoms. The van der Waals surface area contributed by atoms with Crippen LogP contribution in [0.25, 0.3) is 0 Å². The molecule has 2 amide bonds. The lowest BCUT2D eigenvalue weighted by atomic mass is 9.79. The van der Waals surface area contributed by atoms with E-state index >= 15 is 0 Å². The van der Waals surface area contributed by atoms with Crippen molar-refractivity contribution in [3.63, 3.8) is 0 Å². The lowest BCUT2D eigenvalue weighted by Gasteiger charge is -2.29. The molecule has 4 rings (SSSR count). The number of hydrogen-bond acceptors (Lipinski definition) is 4. The number of anilines is 2. The number of amides is 2. The van der Waals surface area contributed by atoms with Gasteiger partial charge in [0.25, 0.3) is 0 Å². The number of carbonyl (C=O) groups is 2. The molecule has 2 aliphatic carbocycles. The molecule has 2 fully saturated rings. The van der Waals surface area contributed by atoms with Crippen molar-refractivity contribution in [1.29, 1.82) is 0 Å². The molecule has 2 N–H and O–H groups in total. The smallest absolute Gasteiger partial charge is 0.230 e. The molecule has 4 nitrogen and oxygen atoms in total. The van der Waals surface area contributed by atoms with Gasteiger partial charge in [-0.3, -0.25) is 9.59 Å². The van der Waals surface area contributed by atoms with E-state index in [1.54, 1.807) is 24.3 Å². The Balaban J connectivity index is 1.57. The molecule has 2 aromatic carbocycles. The van der Waals surface area contributed by atoms with Crippen molar-refractivity contribution in [3.8, 4) is 0 Å². The number of benzene rings is 2. The fourth-order valence-corrected chi connectivity index (χ4v) is 9.47. The fraction of sp³-hybridized carbons (Fsp3) is 0.588. The Bertz CT molecular complexity index is 1240. The van der Waals surface area contributed by atoms with Crippen molar-refractivity contribution >= 4 is 91.2 Å². The van der Waals surface area contributed by atoms with E-state index in [4.69, 9.17) is 46.4 Å². The van der Waals surface area contributed by atoms with Crippen LogP contribution in [0.15, 0.2) is 34.1 Å². The van der Waals surface area contributed by atoms with Crippen molar-refractivity contribution < 1.29 is 9.59 Å². The van der Waals surface area contributed by atoms with Gasteiger partial charge in [0, 0.05) is 20.6 Å². The van der Waals surface area contributed by atoms with E-state index in [0.717, 1.165) is 86.8 Å². The van der Waals surface area contributed by atoms with Crippen LogP contribution in [0.3, 0.4) is 0 Å². The van der Waals surface area contributed by atoms with Crippen molar-refractivity contribution in [2.45, 2.75) is 115 Å². The van der Waals surface area contributed by atoms with Gasteiger partial charge in [-0.2, -0.15) is 0 Å². The van der Waals surface area contributed by atoms with Crippen LogP contribution >= 0.6 is 68.0 Å². The van der Waals surface area contributed by atoms with Crippen molar-refractivity contribution in [3.05, 3.63) is 44.4 Å². The standard InChI is InChI=1S/C34H44Cl4N2O2S2/c1-21(2)9-15-33(11-5-6-12-33)31(41)39-27-17-23(35)25(37)19-29(27)43-44-30-20-26(38)24(36)18-28(30)40-32(42)34(13-7-8-14-34)16-10-22(3)4/h17-22H,5-16H2,1-4H3,(H,39,41)(H,40,42). The molecule has 0 spiro atoms. The monoisotopic (exact) mass is 716 g/mol. The summed E-state index contributed by atoms with van der Waals surface area (Å²) in [5.74, 6) is 1.16. The van der Waals surface area contributed by atoms with Crippen LogP contribution < -0.4 is 10.6 Å². The maximum atomic E-state index is 13.8. The van der Waals surface area contributed by atoms with Crippen LogP contribution in [0.4, 0.5) is 11.4 Å². The average molecular weight is 719 g/mol. The quantitative estimate of drug-likeness (QED) is 0.203. The molecule has 2 aliphatic rings. The van der Waals surface area contributed by atoms with Gasteiger partial charge in [-0.25, -0.2) is 0 Å². The van der Waals surface area contributed by atoms with E-state index in [0.29, 0.717) is 43.3 Å². The van der Waals surface area contributed by atoms with Crippen LogP contribution in [0, 0.1) is 22.7 Å². The van der Waals surface area contributed by atoms with E-state index in [1.807, 2.05) is 0 Å². The van der Waals surface area contributed by atoms with Gasteiger partial charge < -0.3 is 10.6 Å². The van der Waals surface area contributed by atoms with Crippen LogP contribution in [0.5, 0.6) is 0 Å². The topological polar surface area (TPSA) is 58.2 Å². The summed E-state index contributed by atoms with van der Waals surface area (Å²) in [5, 5.41) is 8.00. The Morgan fingerprint density at radius 1 is 0.636 bits per heavy atom. The summed E-state index contributed by atoms with van der Waals surface area (Å²) in [6.07, 6.45) is 11.6. The Morgan fingerprint density at radius 3 is 1.27 bits per heavy atom. The third kappa shape index (κ3) is 8.98. The molecule has 2 aromatic rings. The second-order valence-corrected chi connectivity index (χ2v) is 17.3. The molecule has 10 heteroatoms. The largest absolute Gasteiger partial charge is 0.325 e. The first-order valence-corrected chi connectivity index (χ1v) is 19.5. The molecule has 0 atom stereocenters. The zero-order valence-corrected chi connectivity index (χ0v) is 30.8. The zero-order chi connectivity index (χ0) is 32.1. The highest BCUT2D eigenvalue weighted by molar-refractivity contribution is 8.76. The predicted octanol–water partition coefficient (Wildman–Crippen LogP) is 13.0. The Labute approximate surface area is 291 Å². The van der Waals surface area contributed by atoms with Crippen molar-refractivity contribution in [2.75, 3.05) is 10.6 Å². The fourth-order valence-electron chi connectivity index (χ4n) is 6.40. The van der Waals surface area contributed by atoms with Gasteiger partial charge in [0.15, 0.2) is 0 Å². The SMILES string of the molecule is CC(C)CCC1(C(=O)Nc2cc(Cl)c(Cl)cc2SSc2cc(Cl)c(Cl)cc2NC(=O)C2(CCC(C)C)CCCC2)CCCC1. The molecule has 0 heterocycles. The summed E-state index contributed by atoms with van der Waals surface area (Å²) >= 11 is 25.8. The summed E-state index contributed by atoms with van der Waals surface area (Å²) in [7, 11) is 2.86. The van der Waals surface area contributed by atoms with Gasteiger partial charge in [-0.1, -0.05) is 121 Å². The first-order chi connectivity index (χ1) is 20.8. The molecular formula is C34H44Cl4N2O2S2. The number of hydrogen-bond donors (Lipinski definition) is 2. The average Bonchev–Trinajstić information content (AvgIpc) is 3.66. The normalized spacial score (nSPS) is 17.4. The number of carbonyl (C=O) groups excluding carboxylic acids is 2. The molecular weight excluding hydrogens is 674 g/mol. The predicted molar refractivity (Wildman–Crippen MR) is 192 cm³/mol. The summed E-state index contributed by atoms with van der Waals surface area (Å²) in [6, 6.07) is 7.02. The molecule has 0 bridgehead atoms. The van der Waals surface area contributed by atoms with Gasteiger partial charge in [0.1, 0.15) is 0 Å². The van der Waals surface area contributed by atoms with Gasteiger partial charge in [-0.15, -0.1) is 0 Å². The summed E-state index contributed by atoms with van der Waals surface area (Å²) in [6.45, 7) is 8.80. The minimum absolute atomic E-state index is 0.0478. The van der Waals surface area contributed by atoms with E-state index in [1.165, 1.54) is 21.6 Å². The molecule has 0 aliphatic heterocycles. The highest BCUT2D eigenvalue weighted by Gasteiger charge is 2.42. The molecule has 242 valence electrons. The second kappa shape index (κ2) is 15.9. The second-order valence-electron chi connectivity index (χ2n) is 13.4. The third-order valence-electron chi connectivity index (χ3n) is 9.25. The minimum atomic E-state index is -0.363. The lowest BCUT2D eigenvalue weighted by molar-refractivity contribution is -0.126. The van der Waals surface area contributed by atoms with Crippen LogP contribution in [0.1, 0.15) is 105 Å². The summed E-state index contributed by atoms with van der Waals surface area (Å²) in [4.78, 5) is 29.1. The van der Waals surface area contributed by atoms with Crippen LogP contribution in [-0.4, -0.2) is 11.8 Å². The van der Waals surface area contributed by atoms with Crippen LogP contribution in [0.2, 0.25) is 20.1 Å². The van der Waals surface area contributed by atoms with Gasteiger partial charge in [-0.05, 0) is 87.5 Å². The van der Waals surface area contributed by atoms with Crippen molar-refractivity contribution in [2.24, 2.45) is 22.7 Å². The first-order valence-electron chi connectivity index (χ1n) is 15.8. The van der Waals surface area contributed by atoms with E-state index in [2.05, 4.69) is 38.3 Å². The Hall–Kier alpha value is -0.760. The maximum absolute atomic E-state index is 13.8. The minimum Gasteiger partial charge on any atom is -0.325 e. The Kier molecular flexibility index (Phi) is 13.0. The highest BCUT2D eigenvalue weighted by atomic mass is 35.5. The summed E-state index contributed by atoms with van der Waals surface area (Å²) < 4.78 is 0. The molecule has 0 unspecified atom stereocenters. The van der Waals surface area contributed by atoms with E-state index < -0.39 is 0 Å². The molecule has 0 saturated heterocycles.